The molecular formula is C40H34MgN8O8+2. The van der Waals surface area contributed by atoms with E-state index in [-0.39, 0.29) is 63.1 Å². The van der Waals surface area contributed by atoms with E-state index in [4.69, 9.17) is 29.9 Å². The number of hydrogen-bond donors (Lipinski definition) is 8. The Labute approximate surface area is 337 Å². The van der Waals surface area contributed by atoms with Gasteiger partial charge in [-0.25, -0.2) is 0 Å². The molecule has 0 amide bonds. The predicted molar refractivity (Wildman–Crippen MR) is 197 cm³/mol. The first-order valence-corrected chi connectivity index (χ1v) is 19.0. The molecular weight excluding hydrogens is 745 g/mol. The van der Waals surface area contributed by atoms with Gasteiger partial charge >= 0.3 is 23.1 Å². The van der Waals surface area contributed by atoms with Gasteiger partial charge in [-0.15, -0.1) is 4.98 Å². The summed E-state index contributed by atoms with van der Waals surface area (Å²) in [6.45, 7) is 0. The Morgan fingerprint density at radius 1 is 0.491 bits per heavy atom. The number of aromatic hydroxyl groups is 1. The van der Waals surface area contributed by atoms with Gasteiger partial charge in [0.1, 0.15) is 23.2 Å². The van der Waals surface area contributed by atoms with E-state index in [1.165, 1.54) is 0 Å². The third-order valence-electron chi connectivity index (χ3n) is 14.1. The van der Waals surface area contributed by atoms with Crippen LogP contribution < -0.4 is 19.9 Å². The molecule has 0 saturated heterocycles. The number of aromatic amines is 2. The molecule has 16 rings (SSSR count). The van der Waals surface area contributed by atoms with Crippen LogP contribution in [0.25, 0.3) is 44.9 Å². The summed E-state index contributed by atoms with van der Waals surface area (Å²) < 4.78 is 0. The normalized spacial score (nSPS) is 40.4. The minimum absolute atomic E-state index is 0. The first-order valence-electron chi connectivity index (χ1n) is 19.0. The molecule has 3 aromatic rings. The quantitative estimate of drug-likeness (QED) is 0.0990. The summed E-state index contributed by atoms with van der Waals surface area (Å²) in [5, 5.41) is 90.4. The Morgan fingerprint density at radius 3 is 1.23 bits per heavy atom. The molecule has 10 N–H and O–H groups in total. The zero-order chi connectivity index (χ0) is 37.8. The van der Waals surface area contributed by atoms with Gasteiger partial charge in [0, 0.05) is 92.1 Å². The van der Waals surface area contributed by atoms with Crippen molar-refractivity contribution in [3.63, 3.8) is 0 Å². The van der Waals surface area contributed by atoms with Gasteiger partial charge in [0.2, 0.25) is 0 Å². The maximum atomic E-state index is 12.0. The van der Waals surface area contributed by atoms with Crippen molar-refractivity contribution in [2.45, 2.75) is 66.4 Å². The van der Waals surface area contributed by atoms with Crippen LogP contribution in [-0.2, 0) is 0 Å². The van der Waals surface area contributed by atoms with Crippen LogP contribution >= 0.6 is 0 Å². The Hall–Kier alpha value is -4.43. The van der Waals surface area contributed by atoms with Gasteiger partial charge in [-0.1, -0.05) is 48.6 Å². The Morgan fingerprint density at radius 2 is 0.842 bits per heavy atom. The number of aliphatic hydroxyl groups excluding tert-OH is 6. The first-order chi connectivity index (χ1) is 27.0. The monoisotopic (exact) mass is 778 g/mol. The fourth-order valence-corrected chi connectivity index (χ4v) is 11.2. The average Bonchev–Trinajstić information content (AvgIpc) is 3.67. The van der Waals surface area contributed by atoms with Gasteiger partial charge < -0.3 is 65.8 Å². The molecule has 0 radical (unpaired) electrons. The number of hydrogen-bond acceptors (Lipinski definition) is 12. The topological polar surface area (TPSA) is 270 Å². The van der Waals surface area contributed by atoms with Gasteiger partial charge in [-0.3, -0.25) is 9.97 Å². The summed E-state index contributed by atoms with van der Waals surface area (Å²) in [6, 6.07) is 0. The van der Waals surface area contributed by atoms with Crippen molar-refractivity contribution in [1.82, 2.24) is 29.9 Å². The molecule has 13 aliphatic rings. The van der Waals surface area contributed by atoms with Crippen molar-refractivity contribution in [2.75, 3.05) is 0 Å². The molecule has 1 saturated carbocycles. The number of nitrogens with zero attached hydrogens (tertiary/aromatic N) is 6. The van der Waals surface area contributed by atoms with Crippen LogP contribution in [0, 0.1) is 29.6 Å². The van der Waals surface area contributed by atoms with Gasteiger partial charge in [0.15, 0.2) is 5.65 Å². The van der Waals surface area contributed by atoms with E-state index >= 15 is 0 Å². The van der Waals surface area contributed by atoms with Crippen molar-refractivity contribution in [3.8, 4) is 5.75 Å². The molecule has 0 aromatic carbocycles. The minimum Gasteiger partial charge on any atom is -0.507 e. The van der Waals surface area contributed by atoms with Crippen LogP contribution in [-0.4, -0.2) is 126 Å². The van der Waals surface area contributed by atoms with Crippen molar-refractivity contribution in [2.24, 2.45) is 29.6 Å². The number of H-pyrrole nitrogens is 2. The molecule has 2 aliphatic heterocycles. The molecule has 14 bridgehead atoms. The molecule has 0 spiro atoms. The predicted octanol–water partition coefficient (Wildman–Crippen LogP) is -1.91. The summed E-state index contributed by atoms with van der Waals surface area (Å²) in [7, 11) is 0. The van der Waals surface area contributed by atoms with E-state index in [1.54, 1.807) is 6.08 Å². The Balaban J connectivity index is 0.00000356. The smallest absolute Gasteiger partial charge is 0.507 e. The SMILES string of the molecule is Oc1c(C2C=CC3(O)CC23)c2nc3[nH+]c(nc4[n-]c(nc5[nH+]c(nc1[n-]2)C1=C5C2C=CC1C(O)C2O)c1c4C2C=CC1C(O)C2O)C1=C3C2C=CC1C(O)C2O.[Mg+2]. The molecule has 5 heterocycles. The Kier molecular flexibility index (Phi) is 6.79. The summed E-state index contributed by atoms with van der Waals surface area (Å²) in [6.07, 6.45) is 8.32. The van der Waals surface area contributed by atoms with E-state index in [2.05, 4.69) is 9.97 Å². The summed E-state index contributed by atoms with van der Waals surface area (Å²) in [5.74, 6) is -3.61. The number of allylic oxidation sites excluding steroid dienone is 1. The van der Waals surface area contributed by atoms with Gasteiger partial charge in [0.05, 0.1) is 47.9 Å². The molecule has 3 aromatic heterocycles. The van der Waals surface area contributed by atoms with Crippen LogP contribution in [0.2, 0.25) is 0 Å². The third-order valence-corrected chi connectivity index (χ3v) is 14.1. The number of aromatic nitrogens is 8. The van der Waals surface area contributed by atoms with E-state index in [1.807, 2.05) is 42.5 Å². The number of fused-ring (bicyclic) bond motifs is 12. The largest absolute Gasteiger partial charge is 2.00 e. The third kappa shape index (κ3) is 4.21. The fourth-order valence-electron chi connectivity index (χ4n) is 11.2. The standard InChI is InChI=1S/C40H32N8O8.Mg/c49-25-11-1-2-12(26(25)50)19-18(11)32-41-33(19)43-35-22-15-5-6-16(30(54)29(15)53)23(22)37(45-35)47-39-31(55)24(10-7-8-40(56)9-17(10)40)38(48-39)46-36-21-14-4-3-13(27(51)28(14)52)20(21)34(42-32)44-36;/h1-8,10-17,25-30,49-54,56H,9H2,(H-2,41,42,43,44,45,46,47,48,55);/q-2;+2/p+2. The second kappa shape index (κ2) is 11.2. The van der Waals surface area contributed by atoms with Crippen molar-refractivity contribution < 1.29 is 50.8 Å². The van der Waals surface area contributed by atoms with Crippen LogP contribution in [0.1, 0.15) is 64.2 Å². The number of rotatable bonds is 1. The maximum absolute atomic E-state index is 12.0. The molecule has 11 aliphatic carbocycles. The fraction of sp³-hybridized carbons (Fsp3) is 0.400. The first kappa shape index (κ1) is 34.6. The number of aliphatic hydroxyl groups is 7. The van der Waals surface area contributed by atoms with Crippen LogP contribution in [0.4, 0.5) is 0 Å². The van der Waals surface area contributed by atoms with Crippen LogP contribution in [0.5, 0.6) is 5.75 Å². The van der Waals surface area contributed by atoms with Crippen molar-refractivity contribution in [1.29, 1.82) is 0 Å². The average molecular weight is 779 g/mol. The van der Waals surface area contributed by atoms with Crippen LogP contribution in [0.3, 0.4) is 0 Å². The summed E-state index contributed by atoms with van der Waals surface area (Å²) in [4.78, 5) is 36.4. The van der Waals surface area contributed by atoms with E-state index in [0.717, 1.165) is 0 Å². The zero-order valence-corrected chi connectivity index (χ0v) is 31.3. The molecule has 16 nitrogen and oxygen atoms in total. The summed E-state index contributed by atoms with van der Waals surface area (Å²) >= 11 is 0. The maximum Gasteiger partial charge on any atom is 2.00 e. The molecule has 15 unspecified atom stereocenters. The molecule has 57 heavy (non-hydrogen) atoms. The second-order valence-electron chi connectivity index (χ2n) is 16.8. The van der Waals surface area contributed by atoms with Gasteiger partial charge in [0.25, 0.3) is 5.82 Å². The van der Waals surface area contributed by atoms with E-state index in [0.29, 0.717) is 62.9 Å². The van der Waals surface area contributed by atoms with Crippen molar-refractivity contribution in [3.05, 3.63) is 88.6 Å². The van der Waals surface area contributed by atoms with E-state index < -0.39 is 83.7 Å². The van der Waals surface area contributed by atoms with Crippen molar-refractivity contribution >= 4 is 67.9 Å². The Bertz CT molecular complexity index is 2770. The molecule has 1 fully saturated rings. The van der Waals surface area contributed by atoms with E-state index in [9.17, 15) is 40.9 Å². The van der Waals surface area contributed by atoms with Crippen LogP contribution in [0.15, 0.2) is 48.6 Å². The molecule has 17 heteroatoms. The summed E-state index contributed by atoms with van der Waals surface area (Å²) in [5.41, 5.74) is 3.53. The number of nitrogens with one attached hydrogen (secondary N) is 2. The van der Waals surface area contributed by atoms with Gasteiger partial charge in [-0.05, 0) is 12.0 Å². The zero-order valence-electron chi connectivity index (χ0n) is 29.9. The molecule has 15 atom stereocenters. The minimum atomic E-state index is -1.14. The van der Waals surface area contributed by atoms with Gasteiger partial charge in [-0.2, -0.15) is 0 Å². The second-order valence-corrected chi connectivity index (χ2v) is 16.8. The molecule has 282 valence electrons.